The molecular weight excluding hydrogens is 398 g/mol. The minimum atomic E-state index is 0.0789. The van der Waals surface area contributed by atoms with Crippen LogP contribution in [-0.4, -0.2) is 35.5 Å². The number of rotatable bonds is 6. The van der Waals surface area contributed by atoms with E-state index in [1.54, 1.807) is 14.2 Å². The van der Waals surface area contributed by atoms with E-state index in [1.165, 1.54) is 0 Å². The maximum absolute atomic E-state index is 5.79. The van der Waals surface area contributed by atoms with Crippen molar-refractivity contribution >= 4 is 34.4 Å². The van der Waals surface area contributed by atoms with Crippen LogP contribution < -0.4 is 4.74 Å². The largest absolute Gasteiger partial charge is 0.496 e. The summed E-state index contributed by atoms with van der Waals surface area (Å²) in [6.45, 7) is 8.69. The van der Waals surface area contributed by atoms with Crippen LogP contribution in [0.2, 0.25) is 0 Å². The zero-order valence-electron chi connectivity index (χ0n) is 18.2. The summed E-state index contributed by atoms with van der Waals surface area (Å²) < 4.78 is 19.0. The van der Waals surface area contributed by atoms with E-state index in [2.05, 4.69) is 41.8 Å². The highest BCUT2D eigenvalue weighted by Crippen LogP contribution is 2.40. The smallest absolute Gasteiger partial charge is 0.141 e. The normalized spacial score (nSPS) is 13.8. The van der Waals surface area contributed by atoms with E-state index in [1.807, 2.05) is 20.0 Å². The second-order valence-corrected chi connectivity index (χ2v) is 8.53. The molecule has 0 N–H and O–H groups in total. The Morgan fingerprint density at radius 2 is 1.93 bits per heavy atom. The minimum absolute atomic E-state index is 0.0789. The molecule has 0 radical (unpaired) electrons. The van der Waals surface area contributed by atoms with E-state index < -0.39 is 0 Å². The Balaban J connectivity index is 2.07. The monoisotopic (exact) mass is 425 g/mol. The SMILES string of the molecule is COC[C@@H](C)n1c(C(C)S)cc2cnc3cc(-c4c(C)noc4C)c(OC)cc3c21. The molecule has 1 aromatic carbocycles. The number of hydrogen-bond donors (Lipinski definition) is 1. The molecule has 4 rings (SSSR count). The van der Waals surface area contributed by atoms with Gasteiger partial charge in [0.1, 0.15) is 11.5 Å². The average molecular weight is 426 g/mol. The molecule has 0 bridgehead atoms. The Morgan fingerprint density at radius 3 is 2.53 bits per heavy atom. The summed E-state index contributed by atoms with van der Waals surface area (Å²) in [6.07, 6.45) is 1.93. The lowest BCUT2D eigenvalue weighted by Gasteiger charge is -2.21. The maximum atomic E-state index is 5.79. The lowest BCUT2D eigenvalue weighted by molar-refractivity contribution is 0.163. The lowest BCUT2D eigenvalue weighted by atomic mass is 10.00. The van der Waals surface area contributed by atoms with Crippen LogP contribution in [0, 0.1) is 13.8 Å². The van der Waals surface area contributed by atoms with Crippen molar-refractivity contribution < 1.29 is 14.0 Å². The van der Waals surface area contributed by atoms with E-state index in [0.29, 0.717) is 6.61 Å². The predicted octanol–water partition coefficient (Wildman–Crippen LogP) is 5.67. The third-order valence-corrected chi connectivity index (χ3v) is 5.86. The van der Waals surface area contributed by atoms with Crippen LogP contribution in [-0.2, 0) is 4.74 Å². The molecule has 0 spiro atoms. The van der Waals surface area contributed by atoms with Gasteiger partial charge in [-0.2, -0.15) is 12.6 Å². The van der Waals surface area contributed by atoms with Crippen LogP contribution >= 0.6 is 12.6 Å². The summed E-state index contributed by atoms with van der Waals surface area (Å²) in [7, 11) is 3.41. The van der Waals surface area contributed by atoms with Gasteiger partial charge >= 0.3 is 0 Å². The molecule has 4 aromatic rings. The Labute approximate surface area is 181 Å². The number of ether oxygens (including phenoxy) is 2. The lowest BCUT2D eigenvalue weighted by Crippen LogP contribution is -2.14. The van der Waals surface area contributed by atoms with Crippen molar-refractivity contribution in [1.29, 1.82) is 0 Å². The van der Waals surface area contributed by atoms with Crippen LogP contribution in [0.25, 0.3) is 32.9 Å². The number of pyridine rings is 1. The molecule has 158 valence electrons. The molecule has 0 aliphatic heterocycles. The highest BCUT2D eigenvalue weighted by atomic mass is 32.1. The first-order valence-corrected chi connectivity index (χ1v) is 10.5. The van der Waals surface area contributed by atoms with E-state index >= 15 is 0 Å². The maximum Gasteiger partial charge on any atom is 0.141 e. The Hall–Kier alpha value is -2.51. The molecule has 7 heteroatoms. The van der Waals surface area contributed by atoms with Gasteiger partial charge in [-0.15, -0.1) is 0 Å². The van der Waals surface area contributed by atoms with Crippen molar-refractivity contribution in [3.8, 4) is 16.9 Å². The van der Waals surface area contributed by atoms with Crippen molar-refractivity contribution in [2.24, 2.45) is 0 Å². The Morgan fingerprint density at radius 1 is 1.17 bits per heavy atom. The molecule has 3 heterocycles. The van der Waals surface area contributed by atoms with Gasteiger partial charge in [0.05, 0.1) is 42.0 Å². The number of thiol groups is 1. The topological polar surface area (TPSA) is 62.3 Å². The molecule has 30 heavy (non-hydrogen) atoms. The van der Waals surface area contributed by atoms with Crippen LogP contribution in [0.5, 0.6) is 5.75 Å². The number of methoxy groups -OCH3 is 2. The van der Waals surface area contributed by atoms with E-state index in [0.717, 1.165) is 55.8 Å². The number of aromatic nitrogens is 3. The van der Waals surface area contributed by atoms with Gasteiger partial charge in [-0.1, -0.05) is 5.16 Å². The molecule has 1 unspecified atom stereocenters. The molecule has 0 fully saturated rings. The van der Waals surface area contributed by atoms with Crippen molar-refractivity contribution in [3.63, 3.8) is 0 Å². The molecule has 0 amide bonds. The van der Waals surface area contributed by atoms with Crippen LogP contribution in [0.15, 0.2) is 28.9 Å². The first kappa shape index (κ1) is 20.8. The average Bonchev–Trinajstić information content (AvgIpc) is 3.27. The predicted molar refractivity (Wildman–Crippen MR) is 123 cm³/mol. The fourth-order valence-corrected chi connectivity index (χ4v) is 4.50. The quantitative estimate of drug-likeness (QED) is 0.403. The third-order valence-electron chi connectivity index (χ3n) is 5.59. The van der Waals surface area contributed by atoms with Gasteiger partial charge < -0.3 is 18.6 Å². The molecule has 6 nitrogen and oxygen atoms in total. The second-order valence-electron chi connectivity index (χ2n) is 7.75. The van der Waals surface area contributed by atoms with Crippen molar-refractivity contribution in [1.82, 2.24) is 14.7 Å². The number of nitrogens with zero attached hydrogens (tertiary/aromatic N) is 3. The first-order valence-electron chi connectivity index (χ1n) is 9.99. The minimum Gasteiger partial charge on any atom is -0.496 e. The third kappa shape index (κ3) is 3.26. The zero-order valence-corrected chi connectivity index (χ0v) is 19.1. The van der Waals surface area contributed by atoms with Crippen molar-refractivity contribution in [2.45, 2.75) is 39.0 Å². The number of benzene rings is 1. The molecule has 0 saturated carbocycles. The molecular formula is C23H27N3O3S. The van der Waals surface area contributed by atoms with Gasteiger partial charge in [0.25, 0.3) is 0 Å². The summed E-state index contributed by atoms with van der Waals surface area (Å²) in [4.78, 5) is 4.76. The van der Waals surface area contributed by atoms with Gasteiger partial charge in [-0.25, -0.2) is 0 Å². The standard InChI is InChI=1S/C23H27N3O3S/c1-12(11-27-5)26-20(15(4)30)7-16-10-24-19-8-18(22-13(2)25-29-14(22)3)21(28-6)9-17(19)23(16)26/h7-10,12,15,30H,11H2,1-6H3/t12-,15?/m1/s1. The van der Waals surface area contributed by atoms with Gasteiger partial charge in [-0.3, -0.25) is 4.98 Å². The zero-order chi connectivity index (χ0) is 21.6. The highest BCUT2D eigenvalue weighted by Gasteiger charge is 2.22. The van der Waals surface area contributed by atoms with E-state index in [4.69, 9.17) is 31.6 Å². The summed E-state index contributed by atoms with van der Waals surface area (Å²) in [5, 5.41) is 6.29. The van der Waals surface area contributed by atoms with Crippen LogP contribution in [0.3, 0.4) is 0 Å². The van der Waals surface area contributed by atoms with Gasteiger partial charge in [-0.05, 0) is 45.9 Å². The highest BCUT2D eigenvalue weighted by molar-refractivity contribution is 7.80. The van der Waals surface area contributed by atoms with E-state index in [-0.39, 0.29) is 11.3 Å². The van der Waals surface area contributed by atoms with Crippen LogP contribution in [0.1, 0.15) is 42.3 Å². The molecule has 0 aliphatic carbocycles. The molecule has 2 atom stereocenters. The molecule has 0 saturated heterocycles. The Kier molecular flexibility index (Phi) is 5.51. The van der Waals surface area contributed by atoms with Gasteiger partial charge in [0.15, 0.2) is 0 Å². The Bertz CT molecular complexity index is 1210. The van der Waals surface area contributed by atoms with Gasteiger partial charge in [0.2, 0.25) is 0 Å². The van der Waals surface area contributed by atoms with Crippen LogP contribution in [0.4, 0.5) is 0 Å². The number of aryl methyl sites for hydroxylation is 2. The summed E-state index contributed by atoms with van der Waals surface area (Å²) in [6, 6.07) is 6.44. The second kappa shape index (κ2) is 7.96. The van der Waals surface area contributed by atoms with Crippen molar-refractivity contribution in [3.05, 3.63) is 41.5 Å². The fourth-order valence-electron chi connectivity index (χ4n) is 4.30. The van der Waals surface area contributed by atoms with Crippen molar-refractivity contribution in [2.75, 3.05) is 20.8 Å². The number of fused-ring (bicyclic) bond motifs is 3. The fraction of sp³-hybridized carbons (Fsp3) is 0.391. The van der Waals surface area contributed by atoms with Gasteiger partial charge in [0, 0.05) is 40.6 Å². The number of hydrogen-bond acceptors (Lipinski definition) is 6. The summed E-state index contributed by atoms with van der Waals surface area (Å²) >= 11 is 4.72. The summed E-state index contributed by atoms with van der Waals surface area (Å²) in [5.41, 5.74) is 5.85. The molecule has 3 aromatic heterocycles. The molecule has 0 aliphatic rings. The summed E-state index contributed by atoms with van der Waals surface area (Å²) in [5.74, 6) is 1.52. The first-order chi connectivity index (χ1) is 14.4. The van der Waals surface area contributed by atoms with E-state index in [9.17, 15) is 0 Å².